The predicted molar refractivity (Wildman–Crippen MR) is 118 cm³/mol. The molecule has 0 radical (unpaired) electrons. The number of imidazole rings is 1. The van der Waals surface area contributed by atoms with Crippen LogP contribution in [0.4, 0.5) is 0 Å². The van der Waals surface area contributed by atoms with Gasteiger partial charge in [0.25, 0.3) is 0 Å². The molecule has 140 valence electrons. The molecule has 4 aromatic rings. The Morgan fingerprint density at radius 2 is 1.71 bits per heavy atom. The van der Waals surface area contributed by atoms with Crippen molar-refractivity contribution in [2.24, 2.45) is 0 Å². The molecular formula is C24H22N2OS. The second kappa shape index (κ2) is 6.35. The standard InChI is InChI=1S/C24H22N2OS/c1-28(2,27)20-11-8-17(9-12-20)19-10-13-21-23(16-19)26-22(14-15-24(26)25-21)18-6-4-3-5-7-18/h3-13,16,22H,1,14-15H2,2H3. The van der Waals surface area contributed by atoms with Crippen LogP contribution in [-0.2, 0) is 15.9 Å². The SMILES string of the molecule is C=S(C)(=O)c1ccc(-c2ccc3nc4n(c3c2)C(c2ccccc2)CC4)cc1. The molecule has 0 saturated heterocycles. The van der Waals surface area contributed by atoms with Crippen molar-refractivity contribution in [2.45, 2.75) is 23.8 Å². The molecule has 3 aromatic carbocycles. The smallest absolute Gasteiger partial charge is 0.110 e. The maximum Gasteiger partial charge on any atom is 0.110 e. The molecule has 0 aliphatic carbocycles. The van der Waals surface area contributed by atoms with Gasteiger partial charge in [-0.3, -0.25) is 4.21 Å². The van der Waals surface area contributed by atoms with Crippen molar-refractivity contribution in [3.05, 3.63) is 84.2 Å². The lowest BCUT2D eigenvalue weighted by molar-refractivity contribution is 0.637. The van der Waals surface area contributed by atoms with Crippen molar-refractivity contribution in [1.82, 2.24) is 9.55 Å². The van der Waals surface area contributed by atoms with Gasteiger partial charge < -0.3 is 4.57 Å². The van der Waals surface area contributed by atoms with Gasteiger partial charge in [-0.05, 0) is 62.8 Å². The molecule has 0 N–H and O–H groups in total. The van der Waals surface area contributed by atoms with E-state index in [1.165, 1.54) is 16.9 Å². The molecule has 0 bridgehead atoms. The highest BCUT2D eigenvalue weighted by molar-refractivity contribution is 7.99. The van der Waals surface area contributed by atoms with Gasteiger partial charge in [0.15, 0.2) is 0 Å². The highest BCUT2D eigenvalue weighted by Gasteiger charge is 2.27. The summed E-state index contributed by atoms with van der Waals surface area (Å²) in [6.07, 6.45) is 3.77. The second-order valence-electron chi connectivity index (χ2n) is 7.60. The zero-order valence-corrected chi connectivity index (χ0v) is 16.7. The Morgan fingerprint density at radius 3 is 2.43 bits per heavy atom. The predicted octanol–water partition coefficient (Wildman–Crippen LogP) is 4.94. The monoisotopic (exact) mass is 386 g/mol. The van der Waals surface area contributed by atoms with Crippen molar-refractivity contribution in [1.29, 1.82) is 0 Å². The highest BCUT2D eigenvalue weighted by atomic mass is 32.2. The van der Waals surface area contributed by atoms with Crippen LogP contribution in [0, 0.1) is 0 Å². The molecule has 5 rings (SSSR count). The van der Waals surface area contributed by atoms with E-state index in [1.807, 2.05) is 24.3 Å². The maximum absolute atomic E-state index is 12.2. The highest BCUT2D eigenvalue weighted by Crippen LogP contribution is 2.36. The Hall–Kier alpha value is -2.85. The molecule has 2 atom stereocenters. The molecule has 28 heavy (non-hydrogen) atoms. The molecule has 2 unspecified atom stereocenters. The first-order valence-corrected chi connectivity index (χ1v) is 11.6. The van der Waals surface area contributed by atoms with E-state index in [4.69, 9.17) is 4.98 Å². The van der Waals surface area contributed by atoms with Crippen molar-refractivity contribution < 1.29 is 4.21 Å². The topological polar surface area (TPSA) is 34.9 Å². The van der Waals surface area contributed by atoms with E-state index in [0.29, 0.717) is 6.04 Å². The summed E-state index contributed by atoms with van der Waals surface area (Å²) >= 11 is 0. The van der Waals surface area contributed by atoms with Crippen LogP contribution in [0.5, 0.6) is 0 Å². The average molecular weight is 387 g/mol. The van der Waals surface area contributed by atoms with Crippen LogP contribution in [0.25, 0.3) is 22.2 Å². The summed E-state index contributed by atoms with van der Waals surface area (Å²) in [5, 5.41) is 0. The number of aryl methyl sites for hydroxylation is 1. The summed E-state index contributed by atoms with van der Waals surface area (Å²) in [5.41, 5.74) is 5.82. The molecule has 0 amide bonds. The summed E-state index contributed by atoms with van der Waals surface area (Å²) in [7, 11) is -2.19. The van der Waals surface area contributed by atoms with Crippen LogP contribution in [0.3, 0.4) is 0 Å². The summed E-state index contributed by atoms with van der Waals surface area (Å²) in [4.78, 5) is 5.65. The largest absolute Gasteiger partial charge is 0.320 e. The number of benzene rings is 3. The van der Waals surface area contributed by atoms with Gasteiger partial charge in [-0.15, -0.1) is 0 Å². The summed E-state index contributed by atoms with van der Waals surface area (Å²) < 4.78 is 14.6. The molecule has 0 spiro atoms. The van der Waals surface area contributed by atoms with Gasteiger partial charge in [0.1, 0.15) is 5.82 Å². The zero-order valence-electron chi connectivity index (χ0n) is 15.8. The maximum atomic E-state index is 12.2. The summed E-state index contributed by atoms with van der Waals surface area (Å²) in [6.45, 7) is 0. The minimum Gasteiger partial charge on any atom is -0.320 e. The van der Waals surface area contributed by atoms with E-state index in [0.717, 1.165) is 34.4 Å². The van der Waals surface area contributed by atoms with Crippen LogP contribution in [0.15, 0.2) is 77.7 Å². The lowest BCUT2D eigenvalue weighted by Crippen LogP contribution is -2.05. The third kappa shape index (κ3) is 2.85. The number of hydrogen-bond donors (Lipinski definition) is 0. The molecule has 1 aliphatic rings. The van der Waals surface area contributed by atoms with Gasteiger partial charge in [-0.25, -0.2) is 4.98 Å². The van der Waals surface area contributed by atoms with Crippen LogP contribution in [-0.4, -0.2) is 25.9 Å². The molecule has 3 nitrogen and oxygen atoms in total. The zero-order chi connectivity index (χ0) is 19.3. The van der Waals surface area contributed by atoms with Crippen molar-refractivity contribution >= 4 is 26.4 Å². The van der Waals surface area contributed by atoms with E-state index < -0.39 is 9.52 Å². The van der Waals surface area contributed by atoms with Crippen molar-refractivity contribution in [3.8, 4) is 11.1 Å². The van der Waals surface area contributed by atoms with Crippen molar-refractivity contribution in [2.75, 3.05) is 6.26 Å². The number of fused-ring (bicyclic) bond motifs is 3. The third-order valence-corrected chi connectivity index (χ3v) is 6.86. The fourth-order valence-corrected chi connectivity index (χ4v) is 4.88. The first-order chi connectivity index (χ1) is 13.5. The third-order valence-electron chi connectivity index (χ3n) is 5.59. The molecule has 4 heteroatoms. The van der Waals surface area contributed by atoms with Gasteiger partial charge in [-0.1, -0.05) is 48.5 Å². The van der Waals surface area contributed by atoms with Gasteiger partial charge in [0, 0.05) is 17.6 Å². The second-order valence-corrected chi connectivity index (χ2v) is 10.1. The van der Waals surface area contributed by atoms with Gasteiger partial charge in [0.2, 0.25) is 0 Å². The fraction of sp³-hybridized carbons (Fsp3) is 0.167. The Labute approximate surface area is 165 Å². The van der Waals surface area contributed by atoms with Crippen molar-refractivity contribution in [3.63, 3.8) is 0 Å². The summed E-state index contributed by atoms with van der Waals surface area (Å²) in [5.74, 6) is 4.94. The normalized spacial score (nSPS) is 18.1. The molecule has 2 heterocycles. The first-order valence-electron chi connectivity index (χ1n) is 9.49. The molecule has 0 saturated carbocycles. The van der Waals surface area contributed by atoms with Crippen LogP contribution >= 0.6 is 0 Å². The first kappa shape index (κ1) is 17.3. The van der Waals surface area contributed by atoms with Gasteiger partial charge >= 0.3 is 0 Å². The van der Waals surface area contributed by atoms with E-state index >= 15 is 0 Å². The minimum absolute atomic E-state index is 0.342. The lowest BCUT2D eigenvalue weighted by Gasteiger charge is -2.15. The number of aromatic nitrogens is 2. The van der Waals surface area contributed by atoms with Crippen LogP contribution < -0.4 is 0 Å². The minimum atomic E-state index is -2.19. The van der Waals surface area contributed by atoms with Gasteiger partial charge in [0.05, 0.1) is 17.1 Å². The Balaban J connectivity index is 1.61. The van der Waals surface area contributed by atoms with E-state index in [1.54, 1.807) is 6.26 Å². The Bertz CT molecular complexity index is 1270. The van der Waals surface area contributed by atoms with Crippen LogP contribution in [0.2, 0.25) is 0 Å². The molecule has 1 aliphatic heterocycles. The number of hydrogen-bond acceptors (Lipinski definition) is 2. The number of nitrogens with zero attached hydrogens (tertiary/aromatic N) is 2. The quantitative estimate of drug-likeness (QED) is 0.467. The van der Waals surface area contributed by atoms with E-state index in [2.05, 4.69) is 59.0 Å². The Kier molecular flexibility index (Phi) is 3.91. The Morgan fingerprint density at radius 1 is 1.00 bits per heavy atom. The molecule has 0 fully saturated rings. The lowest BCUT2D eigenvalue weighted by atomic mass is 10.0. The number of rotatable bonds is 3. The van der Waals surface area contributed by atoms with Gasteiger partial charge in [-0.2, -0.15) is 0 Å². The van der Waals surface area contributed by atoms with E-state index in [-0.39, 0.29) is 0 Å². The van der Waals surface area contributed by atoms with E-state index in [9.17, 15) is 4.21 Å². The van der Waals surface area contributed by atoms with Crippen LogP contribution in [0.1, 0.15) is 23.9 Å². The average Bonchev–Trinajstić information content (AvgIpc) is 3.27. The molecular weight excluding hydrogens is 364 g/mol. The fourth-order valence-electron chi connectivity index (χ4n) is 4.17. The molecule has 1 aromatic heterocycles. The summed E-state index contributed by atoms with van der Waals surface area (Å²) in [6, 6.07) is 25.4.